The molecule has 0 saturated heterocycles. The lowest BCUT2D eigenvalue weighted by Gasteiger charge is -2.09. The van der Waals surface area contributed by atoms with E-state index in [1.807, 2.05) is 44.2 Å². The lowest BCUT2D eigenvalue weighted by molar-refractivity contribution is -0.374. The van der Waals surface area contributed by atoms with Gasteiger partial charge in [0.2, 0.25) is 0 Å². The Morgan fingerprint density at radius 3 is 2.24 bits per heavy atom. The summed E-state index contributed by atoms with van der Waals surface area (Å²) in [6.07, 6.45) is 1.67. The fourth-order valence-electron chi connectivity index (χ4n) is 1.92. The largest absolute Gasteiger partial charge is 0.491 e. The smallest absolute Gasteiger partial charge is 0.277 e. The van der Waals surface area contributed by atoms with E-state index < -0.39 is 0 Å². The summed E-state index contributed by atoms with van der Waals surface area (Å²) in [4.78, 5) is 10.9. The minimum Gasteiger partial charge on any atom is -0.491 e. The van der Waals surface area contributed by atoms with Gasteiger partial charge in [-0.05, 0) is 43.7 Å². The van der Waals surface area contributed by atoms with Gasteiger partial charge in [-0.3, -0.25) is 10.1 Å². The molecule has 0 aliphatic heterocycles. The van der Waals surface area contributed by atoms with Crippen molar-refractivity contribution in [2.75, 3.05) is 0 Å². The Hall–Kier alpha value is -2.62. The number of nitro groups is 1. The maximum Gasteiger partial charge on any atom is 0.277 e. The van der Waals surface area contributed by atoms with Gasteiger partial charge in [-0.2, -0.15) is 0 Å². The Morgan fingerprint density at radius 2 is 1.71 bits per heavy atom. The van der Waals surface area contributed by atoms with Crippen LogP contribution in [0.5, 0.6) is 5.75 Å². The van der Waals surface area contributed by atoms with Crippen molar-refractivity contribution >= 4 is 11.8 Å². The fraction of sp³-hybridized carbons (Fsp3) is 0.176. The van der Waals surface area contributed by atoms with E-state index in [0.29, 0.717) is 5.56 Å². The summed E-state index contributed by atoms with van der Waals surface area (Å²) in [7, 11) is 0. The molecule has 21 heavy (non-hydrogen) atoms. The van der Waals surface area contributed by atoms with E-state index in [-0.39, 0.29) is 16.7 Å². The van der Waals surface area contributed by atoms with Crippen molar-refractivity contribution < 1.29 is 9.66 Å². The molecule has 2 aromatic carbocycles. The van der Waals surface area contributed by atoms with Gasteiger partial charge in [0.15, 0.2) is 0 Å². The monoisotopic (exact) mass is 283 g/mol. The highest BCUT2D eigenvalue weighted by atomic mass is 16.6. The van der Waals surface area contributed by atoms with E-state index in [1.54, 1.807) is 30.3 Å². The second-order valence-corrected chi connectivity index (χ2v) is 4.89. The zero-order chi connectivity index (χ0) is 15.2. The molecule has 2 rings (SSSR count). The summed E-state index contributed by atoms with van der Waals surface area (Å²) in [6.45, 7) is 3.90. The topological polar surface area (TPSA) is 52.4 Å². The molecular formula is C17H17NO3. The standard InChI is InChI=1S/C17H17NO3/c1-13(2)21-16-10-8-14(9-11-16)12-17(18(19)20)15-6-4-3-5-7-15/h3-13H,1-2H3. The minimum absolute atomic E-state index is 0.0770. The van der Waals surface area contributed by atoms with Crippen LogP contribution >= 0.6 is 0 Å². The Labute approximate surface area is 123 Å². The van der Waals surface area contributed by atoms with Crippen molar-refractivity contribution in [3.63, 3.8) is 0 Å². The second kappa shape index (κ2) is 6.70. The predicted molar refractivity (Wildman–Crippen MR) is 83.5 cm³/mol. The molecule has 0 N–H and O–H groups in total. The van der Waals surface area contributed by atoms with Crippen LogP contribution in [0.25, 0.3) is 11.8 Å². The Balaban J connectivity index is 2.29. The molecular weight excluding hydrogens is 266 g/mol. The maximum atomic E-state index is 11.2. The van der Waals surface area contributed by atoms with Crippen LogP contribution in [-0.4, -0.2) is 11.0 Å². The molecule has 0 amide bonds. The van der Waals surface area contributed by atoms with Crippen molar-refractivity contribution in [2.24, 2.45) is 0 Å². The van der Waals surface area contributed by atoms with Gasteiger partial charge in [-0.25, -0.2) is 0 Å². The molecule has 0 radical (unpaired) electrons. The molecule has 0 spiro atoms. The summed E-state index contributed by atoms with van der Waals surface area (Å²) >= 11 is 0. The van der Waals surface area contributed by atoms with Gasteiger partial charge < -0.3 is 4.74 Å². The third-order valence-corrected chi connectivity index (χ3v) is 2.82. The van der Waals surface area contributed by atoms with Gasteiger partial charge in [0.1, 0.15) is 5.75 Å². The average molecular weight is 283 g/mol. The van der Waals surface area contributed by atoms with Crippen LogP contribution in [0.2, 0.25) is 0 Å². The summed E-state index contributed by atoms with van der Waals surface area (Å²) in [5.41, 5.74) is 1.43. The predicted octanol–water partition coefficient (Wildman–Crippen LogP) is 4.25. The Bertz CT molecular complexity index is 631. The van der Waals surface area contributed by atoms with Crippen molar-refractivity contribution in [3.8, 4) is 5.75 Å². The van der Waals surface area contributed by atoms with Gasteiger partial charge >= 0.3 is 0 Å². The zero-order valence-corrected chi connectivity index (χ0v) is 12.0. The highest BCUT2D eigenvalue weighted by Crippen LogP contribution is 2.20. The van der Waals surface area contributed by atoms with Crippen LogP contribution in [0.15, 0.2) is 54.6 Å². The number of nitrogens with zero attached hydrogens (tertiary/aromatic N) is 1. The Kier molecular flexibility index (Phi) is 4.72. The first-order valence-electron chi connectivity index (χ1n) is 6.74. The van der Waals surface area contributed by atoms with Gasteiger partial charge in [0.05, 0.1) is 16.6 Å². The van der Waals surface area contributed by atoms with Crippen LogP contribution in [0.4, 0.5) is 0 Å². The van der Waals surface area contributed by atoms with Crippen molar-refractivity contribution in [1.82, 2.24) is 0 Å². The van der Waals surface area contributed by atoms with Crippen LogP contribution in [0, 0.1) is 10.1 Å². The molecule has 0 aliphatic rings. The first-order valence-corrected chi connectivity index (χ1v) is 6.74. The zero-order valence-electron chi connectivity index (χ0n) is 12.0. The molecule has 0 fully saturated rings. The first-order chi connectivity index (χ1) is 10.1. The van der Waals surface area contributed by atoms with Gasteiger partial charge in [-0.15, -0.1) is 0 Å². The van der Waals surface area contributed by atoms with E-state index >= 15 is 0 Å². The van der Waals surface area contributed by atoms with Crippen molar-refractivity contribution in [1.29, 1.82) is 0 Å². The van der Waals surface area contributed by atoms with E-state index in [4.69, 9.17) is 4.74 Å². The molecule has 0 bridgehead atoms. The normalized spacial score (nSPS) is 11.5. The summed E-state index contributed by atoms with van der Waals surface area (Å²) in [5.74, 6) is 0.754. The Morgan fingerprint density at radius 1 is 1.10 bits per heavy atom. The van der Waals surface area contributed by atoms with Crippen molar-refractivity contribution in [3.05, 3.63) is 75.8 Å². The number of rotatable bonds is 5. The molecule has 0 heterocycles. The number of hydrogen-bond acceptors (Lipinski definition) is 3. The van der Waals surface area contributed by atoms with Crippen LogP contribution in [-0.2, 0) is 0 Å². The molecule has 2 aromatic rings. The molecule has 4 nitrogen and oxygen atoms in total. The molecule has 0 aliphatic carbocycles. The lowest BCUT2D eigenvalue weighted by atomic mass is 10.1. The molecule has 0 atom stereocenters. The van der Waals surface area contributed by atoms with Gasteiger partial charge in [-0.1, -0.05) is 30.3 Å². The third-order valence-electron chi connectivity index (χ3n) is 2.82. The fourth-order valence-corrected chi connectivity index (χ4v) is 1.92. The van der Waals surface area contributed by atoms with E-state index in [0.717, 1.165) is 11.3 Å². The van der Waals surface area contributed by atoms with Crippen LogP contribution < -0.4 is 4.74 Å². The molecule has 0 unspecified atom stereocenters. The summed E-state index contributed by atoms with van der Waals surface area (Å²) < 4.78 is 5.55. The third kappa shape index (κ3) is 4.18. The second-order valence-electron chi connectivity index (χ2n) is 4.89. The molecule has 108 valence electrons. The highest BCUT2D eigenvalue weighted by Gasteiger charge is 2.13. The first kappa shape index (κ1) is 14.8. The molecule has 4 heteroatoms. The highest BCUT2D eigenvalue weighted by molar-refractivity contribution is 5.76. The number of ether oxygens (including phenoxy) is 1. The maximum absolute atomic E-state index is 11.2. The minimum atomic E-state index is -0.367. The summed E-state index contributed by atoms with van der Waals surface area (Å²) in [5, 5.41) is 11.2. The molecule has 0 saturated carbocycles. The lowest BCUT2D eigenvalue weighted by Crippen LogP contribution is -2.05. The van der Waals surface area contributed by atoms with Crippen LogP contribution in [0.3, 0.4) is 0 Å². The van der Waals surface area contributed by atoms with E-state index in [9.17, 15) is 10.1 Å². The molecule has 0 aromatic heterocycles. The van der Waals surface area contributed by atoms with Crippen LogP contribution in [0.1, 0.15) is 25.0 Å². The summed E-state index contributed by atoms with van der Waals surface area (Å²) in [6, 6.07) is 16.1. The number of benzene rings is 2. The quantitative estimate of drug-likeness (QED) is 0.468. The van der Waals surface area contributed by atoms with Crippen molar-refractivity contribution in [2.45, 2.75) is 20.0 Å². The van der Waals surface area contributed by atoms with Gasteiger partial charge in [0.25, 0.3) is 5.70 Å². The van der Waals surface area contributed by atoms with Gasteiger partial charge in [0, 0.05) is 6.08 Å². The van der Waals surface area contributed by atoms with E-state index in [1.165, 1.54) is 0 Å². The number of hydrogen-bond donors (Lipinski definition) is 0. The van der Waals surface area contributed by atoms with E-state index in [2.05, 4.69) is 0 Å². The SMILES string of the molecule is CC(C)Oc1ccc(C=C(c2ccccc2)[N+](=O)[O-])cc1. The average Bonchev–Trinajstić information content (AvgIpc) is 2.46.